The summed E-state index contributed by atoms with van der Waals surface area (Å²) in [5.74, 6) is 0. The van der Waals surface area contributed by atoms with Crippen LogP contribution in [-0.2, 0) is 6.42 Å². The summed E-state index contributed by atoms with van der Waals surface area (Å²) < 4.78 is 1.94. The fraction of sp³-hybridized carbons (Fsp3) is 0.462. The zero-order valence-electron chi connectivity index (χ0n) is 10.5. The van der Waals surface area contributed by atoms with Crippen molar-refractivity contribution < 1.29 is 5.11 Å². The van der Waals surface area contributed by atoms with E-state index in [4.69, 9.17) is 11.6 Å². The van der Waals surface area contributed by atoms with E-state index in [1.54, 1.807) is 0 Å². The maximum Gasteiger partial charge on any atom is 0.0952 e. The molecule has 2 unspecified atom stereocenters. The quantitative estimate of drug-likeness (QED) is 0.906. The summed E-state index contributed by atoms with van der Waals surface area (Å²) in [6, 6.07) is 4.15. The van der Waals surface area contributed by atoms with Crippen molar-refractivity contribution in [1.29, 1.82) is 0 Å². The highest BCUT2D eigenvalue weighted by molar-refractivity contribution is 7.10. The molecule has 0 aliphatic heterocycles. The number of hydrogen-bond acceptors (Lipinski definition) is 3. The van der Waals surface area contributed by atoms with Crippen LogP contribution in [0.3, 0.4) is 0 Å². The lowest BCUT2D eigenvalue weighted by atomic mass is 10.2. The molecular weight excluding hydrogens is 268 g/mol. The van der Waals surface area contributed by atoms with Gasteiger partial charge in [0.1, 0.15) is 0 Å². The van der Waals surface area contributed by atoms with Crippen LogP contribution in [0.25, 0.3) is 0 Å². The Bertz CT molecular complexity index is 509. The number of rotatable bonds is 5. The van der Waals surface area contributed by atoms with E-state index in [1.165, 1.54) is 11.3 Å². The van der Waals surface area contributed by atoms with Gasteiger partial charge in [0, 0.05) is 18.7 Å². The Morgan fingerprint density at radius 3 is 2.89 bits per heavy atom. The van der Waals surface area contributed by atoms with Crippen LogP contribution in [0.2, 0.25) is 5.02 Å². The minimum Gasteiger partial charge on any atom is -0.387 e. The van der Waals surface area contributed by atoms with E-state index in [9.17, 15) is 5.11 Å². The first kappa shape index (κ1) is 13.6. The molecule has 0 radical (unpaired) electrons. The number of nitrogens with zero attached hydrogens (tertiary/aromatic N) is 2. The van der Waals surface area contributed by atoms with Crippen molar-refractivity contribution in [2.45, 2.75) is 38.8 Å². The van der Waals surface area contributed by atoms with Crippen LogP contribution in [0.5, 0.6) is 0 Å². The lowest BCUT2D eigenvalue weighted by Gasteiger charge is -2.09. The third-order valence-corrected chi connectivity index (χ3v) is 4.52. The van der Waals surface area contributed by atoms with Crippen molar-refractivity contribution in [1.82, 2.24) is 9.78 Å². The number of halogens is 1. The molecule has 0 spiro atoms. The molecule has 2 aromatic rings. The Hall–Kier alpha value is -0.840. The average molecular weight is 285 g/mol. The summed E-state index contributed by atoms with van der Waals surface area (Å²) in [5, 5.41) is 17.1. The van der Waals surface area contributed by atoms with Gasteiger partial charge in [-0.3, -0.25) is 4.68 Å². The number of aromatic nitrogens is 2. The molecule has 0 aliphatic carbocycles. The molecule has 0 saturated heterocycles. The minimum atomic E-state index is -0.571. The third-order valence-electron chi connectivity index (χ3n) is 3.06. The van der Waals surface area contributed by atoms with Gasteiger partial charge in [0.15, 0.2) is 0 Å². The lowest BCUT2D eigenvalue weighted by Crippen LogP contribution is -2.06. The SMILES string of the molecule is CCC(C)n1ccc(CC(O)c2sccc2Cl)n1. The predicted molar refractivity (Wildman–Crippen MR) is 75.2 cm³/mol. The molecule has 2 rings (SSSR count). The number of thiophene rings is 1. The zero-order valence-corrected chi connectivity index (χ0v) is 12.1. The van der Waals surface area contributed by atoms with Crippen molar-refractivity contribution in [3.63, 3.8) is 0 Å². The van der Waals surface area contributed by atoms with Crippen molar-refractivity contribution in [3.8, 4) is 0 Å². The second-order valence-corrected chi connectivity index (χ2v) is 5.75. The average Bonchev–Trinajstić information content (AvgIpc) is 2.97. The first-order valence-electron chi connectivity index (χ1n) is 6.06. The van der Waals surface area contributed by atoms with Gasteiger partial charge in [-0.2, -0.15) is 5.10 Å². The molecule has 3 nitrogen and oxygen atoms in total. The van der Waals surface area contributed by atoms with Gasteiger partial charge in [0.2, 0.25) is 0 Å². The van der Waals surface area contributed by atoms with Gasteiger partial charge in [0.05, 0.1) is 21.7 Å². The molecule has 1 N–H and O–H groups in total. The molecule has 0 amide bonds. The molecule has 98 valence electrons. The van der Waals surface area contributed by atoms with E-state index < -0.39 is 6.10 Å². The number of aliphatic hydroxyl groups excluding tert-OH is 1. The van der Waals surface area contributed by atoms with Crippen molar-refractivity contribution in [2.24, 2.45) is 0 Å². The van der Waals surface area contributed by atoms with E-state index in [-0.39, 0.29) is 0 Å². The summed E-state index contributed by atoms with van der Waals surface area (Å²) in [5.41, 5.74) is 0.896. The summed E-state index contributed by atoms with van der Waals surface area (Å²) in [4.78, 5) is 0.815. The van der Waals surface area contributed by atoms with Crippen LogP contribution in [-0.4, -0.2) is 14.9 Å². The molecule has 2 atom stereocenters. The summed E-state index contributed by atoms with van der Waals surface area (Å²) in [6.45, 7) is 4.26. The first-order valence-corrected chi connectivity index (χ1v) is 7.32. The Balaban J connectivity index is 2.06. The van der Waals surface area contributed by atoms with E-state index in [1.807, 2.05) is 28.4 Å². The molecule has 0 fully saturated rings. The second kappa shape index (κ2) is 5.87. The van der Waals surface area contributed by atoms with Gasteiger partial charge >= 0.3 is 0 Å². The fourth-order valence-corrected chi connectivity index (χ4v) is 2.92. The third kappa shape index (κ3) is 2.94. The van der Waals surface area contributed by atoms with Gasteiger partial charge in [-0.05, 0) is 30.9 Å². The molecule has 5 heteroatoms. The predicted octanol–water partition coefficient (Wildman–Crippen LogP) is 3.85. The fourth-order valence-electron chi connectivity index (χ4n) is 1.75. The summed E-state index contributed by atoms with van der Waals surface area (Å²) in [6.07, 6.45) is 2.94. The van der Waals surface area contributed by atoms with Crippen molar-refractivity contribution in [3.05, 3.63) is 39.3 Å². The van der Waals surface area contributed by atoms with E-state index in [2.05, 4.69) is 18.9 Å². The highest BCUT2D eigenvalue weighted by Crippen LogP contribution is 2.30. The summed E-state index contributed by atoms with van der Waals surface area (Å²) in [7, 11) is 0. The van der Waals surface area contributed by atoms with Crippen molar-refractivity contribution >= 4 is 22.9 Å². The number of aliphatic hydroxyl groups is 1. The maximum absolute atomic E-state index is 10.1. The molecular formula is C13H17ClN2OS. The Morgan fingerprint density at radius 2 is 2.28 bits per heavy atom. The van der Waals surface area contributed by atoms with Crippen LogP contribution < -0.4 is 0 Å². The number of hydrogen-bond donors (Lipinski definition) is 1. The molecule has 0 aliphatic rings. The second-order valence-electron chi connectivity index (χ2n) is 4.40. The molecule has 2 heterocycles. The molecule has 2 aromatic heterocycles. The smallest absolute Gasteiger partial charge is 0.0952 e. The lowest BCUT2D eigenvalue weighted by molar-refractivity contribution is 0.180. The summed E-state index contributed by atoms with van der Waals surface area (Å²) >= 11 is 7.48. The van der Waals surface area contributed by atoms with Gasteiger partial charge in [-0.1, -0.05) is 18.5 Å². The van der Waals surface area contributed by atoms with E-state index >= 15 is 0 Å². The Kier molecular flexibility index (Phi) is 4.43. The van der Waals surface area contributed by atoms with Gasteiger partial charge in [0.25, 0.3) is 0 Å². The van der Waals surface area contributed by atoms with Crippen LogP contribution >= 0.6 is 22.9 Å². The molecule has 18 heavy (non-hydrogen) atoms. The minimum absolute atomic E-state index is 0.390. The van der Waals surface area contributed by atoms with E-state index in [0.717, 1.165) is 17.0 Å². The topological polar surface area (TPSA) is 38.0 Å². The van der Waals surface area contributed by atoms with Crippen LogP contribution in [0.1, 0.15) is 43.0 Å². The Labute approximate surface area is 116 Å². The van der Waals surface area contributed by atoms with Crippen molar-refractivity contribution in [2.75, 3.05) is 0 Å². The molecule has 0 saturated carbocycles. The van der Waals surface area contributed by atoms with Crippen LogP contribution in [0.4, 0.5) is 0 Å². The Morgan fingerprint density at radius 1 is 1.50 bits per heavy atom. The normalized spacial score (nSPS) is 14.7. The van der Waals surface area contributed by atoms with Crippen LogP contribution in [0.15, 0.2) is 23.7 Å². The first-order chi connectivity index (χ1) is 8.61. The molecule has 0 aromatic carbocycles. The standard InChI is InChI=1S/C13H17ClN2OS/c1-3-9(2)16-6-4-10(15-16)8-12(17)13-11(14)5-7-18-13/h4-7,9,12,17H,3,8H2,1-2H3. The zero-order chi connectivity index (χ0) is 13.1. The largest absolute Gasteiger partial charge is 0.387 e. The van der Waals surface area contributed by atoms with Gasteiger partial charge in [-0.25, -0.2) is 0 Å². The highest BCUT2D eigenvalue weighted by atomic mass is 35.5. The van der Waals surface area contributed by atoms with Gasteiger partial charge in [-0.15, -0.1) is 11.3 Å². The van der Waals surface area contributed by atoms with E-state index in [0.29, 0.717) is 17.5 Å². The highest BCUT2D eigenvalue weighted by Gasteiger charge is 2.15. The maximum atomic E-state index is 10.1. The van der Waals surface area contributed by atoms with Crippen LogP contribution in [0, 0.1) is 0 Å². The monoisotopic (exact) mass is 284 g/mol. The molecule has 0 bridgehead atoms. The van der Waals surface area contributed by atoms with Gasteiger partial charge < -0.3 is 5.11 Å².